The van der Waals surface area contributed by atoms with Gasteiger partial charge >= 0.3 is 0 Å². The Hall–Kier alpha value is -1.25. The predicted molar refractivity (Wildman–Crippen MR) is 64.4 cm³/mol. The standard InChI is InChI=1S/C12H17BNO/c1-5-12(15)14(4)13-11-7-9(2)6-10(3)8-11/h6-8H,5H2,1-4H3. The average Bonchev–Trinajstić information content (AvgIpc) is 2.14. The second kappa shape index (κ2) is 5.01. The molecule has 1 aromatic rings. The Balaban J connectivity index is 2.76. The molecule has 1 rings (SSSR count). The topological polar surface area (TPSA) is 20.3 Å². The van der Waals surface area contributed by atoms with Crippen LogP contribution < -0.4 is 5.46 Å². The number of aryl methyl sites for hydroxylation is 2. The van der Waals surface area contributed by atoms with Crippen molar-refractivity contribution in [1.82, 2.24) is 4.81 Å². The summed E-state index contributed by atoms with van der Waals surface area (Å²) in [4.78, 5) is 13.0. The van der Waals surface area contributed by atoms with Crippen LogP contribution in [0.1, 0.15) is 24.5 Å². The number of rotatable bonds is 3. The maximum absolute atomic E-state index is 11.4. The van der Waals surface area contributed by atoms with Gasteiger partial charge in [-0.1, -0.05) is 41.7 Å². The zero-order chi connectivity index (χ0) is 11.4. The third-order valence-electron chi connectivity index (χ3n) is 2.28. The lowest BCUT2D eigenvalue weighted by Gasteiger charge is -2.15. The summed E-state index contributed by atoms with van der Waals surface area (Å²) in [6.07, 6.45) is 0.539. The molecule has 0 saturated heterocycles. The van der Waals surface area contributed by atoms with Gasteiger partial charge in [-0.05, 0) is 20.9 Å². The molecule has 1 radical (unpaired) electrons. The van der Waals surface area contributed by atoms with Gasteiger partial charge in [0.05, 0.1) is 0 Å². The molecule has 0 aliphatic carbocycles. The fraction of sp³-hybridized carbons (Fsp3) is 0.417. The molecule has 0 bridgehead atoms. The third kappa shape index (κ3) is 3.42. The highest BCUT2D eigenvalue weighted by Crippen LogP contribution is 2.00. The monoisotopic (exact) mass is 202 g/mol. The van der Waals surface area contributed by atoms with Crippen LogP contribution in [0.15, 0.2) is 18.2 Å². The summed E-state index contributed by atoms with van der Waals surface area (Å²) in [5, 5.41) is 0. The molecule has 0 aromatic heterocycles. The summed E-state index contributed by atoms with van der Waals surface area (Å²) < 4.78 is 0. The van der Waals surface area contributed by atoms with Crippen molar-refractivity contribution in [1.29, 1.82) is 0 Å². The first kappa shape index (κ1) is 11.8. The number of benzene rings is 1. The number of hydrogen-bond donors (Lipinski definition) is 0. The maximum Gasteiger partial charge on any atom is 0.287 e. The van der Waals surface area contributed by atoms with Gasteiger partial charge in [-0.15, -0.1) is 0 Å². The third-order valence-corrected chi connectivity index (χ3v) is 2.28. The maximum atomic E-state index is 11.4. The molecule has 0 saturated carbocycles. The molecule has 0 N–H and O–H groups in total. The Morgan fingerprint density at radius 2 is 1.80 bits per heavy atom. The second-order valence-corrected chi connectivity index (χ2v) is 3.91. The van der Waals surface area contributed by atoms with E-state index in [1.54, 1.807) is 11.9 Å². The first-order valence-electron chi connectivity index (χ1n) is 5.21. The fourth-order valence-corrected chi connectivity index (χ4v) is 1.63. The van der Waals surface area contributed by atoms with Crippen molar-refractivity contribution in [3.8, 4) is 0 Å². The molecule has 1 amide bonds. The Kier molecular flexibility index (Phi) is 3.95. The van der Waals surface area contributed by atoms with Crippen LogP contribution in [0.25, 0.3) is 0 Å². The number of carbonyl (C=O) groups excluding carboxylic acids is 1. The minimum absolute atomic E-state index is 0.133. The van der Waals surface area contributed by atoms with Crippen molar-refractivity contribution in [2.75, 3.05) is 7.05 Å². The summed E-state index contributed by atoms with van der Waals surface area (Å²) in [5.41, 5.74) is 3.52. The summed E-state index contributed by atoms with van der Waals surface area (Å²) in [6.45, 7) is 5.99. The van der Waals surface area contributed by atoms with E-state index in [4.69, 9.17) is 0 Å². The van der Waals surface area contributed by atoms with E-state index in [2.05, 4.69) is 32.0 Å². The number of carbonyl (C=O) groups is 1. The van der Waals surface area contributed by atoms with E-state index in [-0.39, 0.29) is 5.91 Å². The minimum Gasteiger partial charge on any atom is -0.388 e. The second-order valence-electron chi connectivity index (χ2n) is 3.91. The molecule has 0 unspecified atom stereocenters. The van der Waals surface area contributed by atoms with E-state index in [9.17, 15) is 4.79 Å². The normalized spacial score (nSPS) is 9.87. The van der Waals surface area contributed by atoms with Crippen LogP contribution >= 0.6 is 0 Å². The number of hydrogen-bond acceptors (Lipinski definition) is 1. The van der Waals surface area contributed by atoms with Crippen molar-refractivity contribution in [2.45, 2.75) is 27.2 Å². The Bertz CT molecular complexity index is 342. The van der Waals surface area contributed by atoms with Gasteiger partial charge in [-0.3, -0.25) is 4.79 Å². The molecule has 2 nitrogen and oxygen atoms in total. The van der Waals surface area contributed by atoms with Gasteiger partial charge in [-0.2, -0.15) is 0 Å². The van der Waals surface area contributed by atoms with Gasteiger partial charge in [-0.25, -0.2) is 0 Å². The fourth-order valence-electron chi connectivity index (χ4n) is 1.63. The van der Waals surface area contributed by atoms with E-state index in [1.165, 1.54) is 11.1 Å². The van der Waals surface area contributed by atoms with Crippen molar-refractivity contribution >= 4 is 18.8 Å². The molecule has 0 aliphatic rings. The van der Waals surface area contributed by atoms with Gasteiger partial charge in [0.2, 0.25) is 5.91 Å². The Labute approximate surface area is 92.6 Å². The van der Waals surface area contributed by atoms with Crippen LogP contribution in [0.5, 0.6) is 0 Å². The van der Waals surface area contributed by atoms with Crippen LogP contribution in [0.3, 0.4) is 0 Å². The zero-order valence-corrected chi connectivity index (χ0v) is 9.87. The van der Waals surface area contributed by atoms with Crippen LogP contribution in [-0.2, 0) is 4.79 Å². The highest BCUT2D eigenvalue weighted by Gasteiger charge is 2.09. The molecule has 0 atom stereocenters. The van der Waals surface area contributed by atoms with Gasteiger partial charge in [0, 0.05) is 6.42 Å². The Morgan fingerprint density at radius 3 is 2.27 bits per heavy atom. The van der Waals surface area contributed by atoms with E-state index >= 15 is 0 Å². The predicted octanol–water partition coefficient (Wildman–Crippen LogP) is 1.42. The van der Waals surface area contributed by atoms with Gasteiger partial charge in [0.1, 0.15) is 0 Å². The van der Waals surface area contributed by atoms with Crippen molar-refractivity contribution in [3.05, 3.63) is 29.3 Å². The van der Waals surface area contributed by atoms with Crippen molar-refractivity contribution in [3.63, 3.8) is 0 Å². The number of amides is 1. The lowest BCUT2D eigenvalue weighted by Crippen LogP contribution is -2.37. The van der Waals surface area contributed by atoms with Crippen LogP contribution in [0, 0.1) is 13.8 Å². The summed E-state index contributed by atoms with van der Waals surface area (Å²) in [6, 6.07) is 6.28. The van der Waals surface area contributed by atoms with E-state index in [0.29, 0.717) is 6.42 Å². The highest BCUT2D eigenvalue weighted by molar-refractivity contribution is 6.53. The molecular weight excluding hydrogens is 185 g/mol. The molecule has 0 fully saturated rings. The average molecular weight is 202 g/mol. The zero-order valence-electron chi connectivity index (χ0n) is 9.87. The van der Waals surface area contributed by atoms with Gasteiger partial charge < -0.3 is 4.81 Å². The first-order valence-corrected chi connectivity index (χ1v) is 5.21. The lowest BCUT2D eigenvalue weighted by molar-refractivity contribution is -0.125. The number of nitrogens with zero attached hydrogens (tertiary/aromatic N) is 1. The largest absolute Gasteiger partial charge is 0.388 e. The summed E-state index contributed by atoms with van der Waals surface area (Å²) >= 11 is 0. The minimum atomic E-state index is 0.133. The van der Waals surface area contributed by atoms with Crippen LogP contribution in [0.2, 0.25) is 0 Å². The van der Waals surface area contributed by atoms with E-state index < -0.39 is 0 Å². The van der Waals surface area contributed by atoms with E-state index in [1.807, 2.05) is 14.3 Å². The molecule has 0 spiro atoms. The van der Waals surface area contributed by atoms with Gasteiger partial charge in [0.25, 0.3) is 7.41 Å². The van der Waals surface area contributed by atoms with Crippen molar-refractivity contribution in [2.24, 2.45) is 0 Å². The molecule has 3 heteroatoms. The molecule has 0 aliphatic heterocycles. The molecule has 0 heterocycles. The molecule has 15 heavy (non-hydrogen) atoms. The van der Waals surface area contributed by atoms with Gasteiger partial charge in [0.15, 0.2) is 0 Å². The van der Waals surface area contributed by atoms with E-state index in [0.717, 1.165) is 5.46 Å². The van der Waals surface area contributed by atoms with Crippen LogP contribution in [0.4, 0.5) is 0 Å². The lowest BCUT2D eigenvalue weighted by atomic mass is 9.79. The van der Waals surface area contributed by atoms with Crippen molar-refractivity contribution < 1.29 is 4.79 Å². The summed E-state index contributed by atoms with van der Waals surface area (Å²) in [7, 11) is 3.68. The Morgan fingerprint density at radius 1 is 1.27 bits per heavy atom. The highest BCUT2D eigenvalue weighted by atomic mass is 16.2. The summed E-state index contributed by atoms with van der Waals surface area (Å²) in [5.74, 6) is 0.133. The quantitative estimate of drug-likeness (QED) is 0.678. The molecule has 79 valence electrons. The molecule has 1 aromatic carbocycles. The smallest absolute Gasteiger partial charge is 0.287 e. The first-order chi connectivity index (χ1) is 7.02. The SMILES string of the molecule is CCC(=O)N(C)[B]c1cc(C)cc(C)c1. The van der Waals surface area contributed by atoms with Crippen LogP contribution in [-0.4, -0.2) is 25.2 Å². The molecular formula is C12H17BNO.